The fourth-order valence-electron chi connectivity index (χ4n) is 2.61. The molecule has 0 bridgehead atoms. The number of benzene rings is 2. The summed E-state index contributed by atoms with van der Waals surface area (Å²) in [6, 6.07) is 14.0. The van der Waals surface area contributed by atoms with Crippen LogP contribution < -0.4 is 4.90 Å². The third kappa shape index (κ3) is 3.47. The second kappa shape index (κ2) is 6.93. The van der Waals surface area contributed by atoms with E-state index in [0.29, 0.717) is 11.4 Å². The molecule has 0 N–H and O–H groups in total. The van der Waals surface area contributed by atoms with E-state index in [9.17, 15) is 9.18 Å². The molecule has 0 fully saturated rings. The van der Waals surface area contributed by atoms with E-state index in [1.54, 1.807) is 25.1 Å². The van der Waals surface area contributed by atoms with E-state index in [-0.39, 0.29) is 18.3 Å². The Balaban J connectivity index is 1.95. The van der Waals surface area contributed by atoms with Gasteiger partial charge in [-0.15, -0.1) is 0 Å². The van der Waals surface area contributed by atoms with Gasteiger partial charge in [0.2, 0.25) is 6.10 Å². The minimum Gasteiger partial charge on any atom is -0.381 e. The molecule has 1 aliphatic rings. The molecule has 130 valence electrons. The molecule has 1 unspecified atom stereocenters. The van der Waals surface area contributed by atoms with Gasteiger partial charge in [-0.3, -0.25) is 9.69 Å². The van der Waals surface area contributed by atoms with E-state index in [1.807, 2.05) is 43.3 Å². The second-order valence-corrected chi connectivity index (χ2v) is 6.12. The molecule has 0 radical (unpaired) electrons. The molecule has 6 heteroatoms. The fraction of sp³-hybridized carbons (Fsp3) is 0.263. The van der Waals surface area contributed by atoms with Crippen LogP contribution in [0.1, 0.15) is 18.1 Å². The van der Waals surface area contributed by atoms with Crippen LogP contribution in [0.5, 0.6) is 0 Å². The summed E-state index contributed by atoms with van der Waals surface area (Å²) in [6.07, 6.45) is -0.698. The highest BCUT2D eigenvalue weighted by Crippen LogP contribution is 2.21. The van der Waals surface area contributed by atoms with Crippen molar-refractivity contribution in [3.05, 3.63) is 65.5 Å². The quantitative estimate of drug-likeness (QED) is 0.859. The molecule has 1 atom stereocenters. The molecule has 0 aromatic heterocycles. The van der Waals surface area contributed by atoms with E-state index in [2.05, 4.69) is 5.16 Å². The zero-order valence-corrected chi connectivity index (χ0v) is 14.4. The molecule has 1 amide bonds. The van der Waals surface area contributed by atoms with Crippen LogP contribution in [-0.4, -0.2) is 36.8 Å². The van der Waals surface area contributed by atoms with Crippen LogP contribution in [0.15, 0.2) is 53.7 Å². The Kier molecular flexibility index (Phi) is 4.70. The SMILES string of the molecule is CC1ON=C(c2ccc(N(C)C)cc2)N(Cc2ccccc2F)C1=O. The van der Waals surface area contributed by atoms with Crippen LogP contribution >= 0.6 is 0 Å². The number of carbonyl (C=O) groups is 1. The third-order valence-corrected chi connectivity index (χ3v) is 4.09. The van der Waals surface area contributed by atoms with Gasteiger partial charge in [-0.05, 0) is 37.3 Å². The molecule has 0 saturated heterocycles. The average molecular weight is 341 g/mol. The lowest BCUT2D eigenvalue weighted by Crippen LogP contribution is -2.46. The number of amides is 1. The number of rotatable bonds is 4. The summed E-state index contributed by atoms with van der Waals surface area (Å²) in [7, 11) is 3.90. The third-order valence-electron chi connectivity index (χ3n) is 4.09. The highest BCUT2D eigenvalue weighted by molar-refractivity contribution is 6.09. The summed E-state index contributed by atoms with van der Waals surface area (Å²) in [6.45, 7) is 1.74. The summed E-state index contributed by atoms with van der Waals surface area (Å²) in [5, 5.41) is 4.10. The van der Waals surface area contributed by atoms with Crippen molar-refractivity contribution in [2.24, 2.45) is 5.16 Å². The van der Waals surface area contributed by atoms with Crippen LogP contribution in [-0.2, 0) is 16.2 Å². The van der Waals surface area contributed by atoms with Gasteiger partial charge in [0.25, 0.3) is 5.91 Å². The summed E-state index contributed by atoms with van der Waals surface area (Å²) in [5.74, 6) is -0.210. The van der Waals surface area contributed by atoms with Crippen molar-refractivity contribution in [3.8, 4) is 0 Å². The van der Waals surface area contributed by atoms with Gasteiger partial charge in [0, 0.05) is 30.9 Å². The van der Waals surface area contributed by atoms with Crippen LogP contribution in [0.2, 0.25) is 0 Å². The standard InChI is InChI=1S/C19H20FN3O2/c1-13-19(24)23(12-15-6-4-5-7-17(15)20)18(21-25-13)14-8-10-16(11-9-14)22(2)3/h4-11,13H,12H2,1-3H3. The van der Waals surface area contributed by atoms with E-state index >= 15 is 0 Å². The number of nitrogens with zero attached hydrogens (tertiary/aromatic N) is 3. The summed E-state index contributed by atoms with van der Waals surface area (Å²) in [5.41, 5.74) is 2.20. The molecule has 2 aromatic rings. The molecular formula is C19H20FN3O2. The first-order chi connectivity index (χ1) is 12.0. The van der Waals surface area contributed by atoms with Gasteiger partial charge in [-0.2, -0.15) is 0 Å². The van der Waals surface area contributed by atoms with Crippen molar-refractivity contribution in [1.82, 2.24) is 4.90 Å². The van der Waals surface area contributed by atoms with Gasteiger partial charge in [0.15, 0.2) is 5.84 Å². The topological polar surface area (TPSA) is 45.1 Å². The Labute approximate surface area is 146 Å². The van der Waals surface area contributed by atoms with Gasteiger partial charge in [0.1, 0.15) is 5.82 Å². The number of hydrogen-bond acceptors (Lipinski definition) is 4. The number of anilines is 1. The van der Waals surface area contributed by atoms with Crippen LogP contribution in [0, 0.1) is 5.82 Å². The Hall–Kier alpha value is -2.89. The minimum atomic E-state index is -0.698. The van der Waals surface area contributed by atoms with Crippen molar-refractivity contribution >= 4 is 17.4 Å². The maximum absolute atomic E-state index is 14.0. The molecule has 2 aromatic carbocycles. The predicted octanol–water partition coefficient (Wildman–Crippen LogP) is 3.00. The first-order valence-corrected chi connectivity index (χ1v) is 8.03. The fourth-order valence-corrected chi connectivity index (χ4v) is 2.61. The highest BCUT2D eigenvalue weighted by atomic mass is 19.1. The maximum atomic E-state index is 14.0. The molecular weight excluding hydrogens is 321 g/mol. The molecule has 25 heavy (non-hydrogen) atoms. The lowest BCUT2D eigenvalue weighted by Gasteiger charge is -2.30. The first-order valence-electron chi connectivity index (χ1n) is 8.03. The molecule has 1 aliphatic heterocycles. The van der Waals surface area contributed by atoms with Crippen molar-refractivity contribution < 1.29 is 14.0 Å². The van der Waals surface area contributed by atoms with E-state index in [4.69, 9.17) is 4.84 Å². The van der Waals surface area contributed by atoms with E-state index in [1.165, 1.54) is 11.0 Å². The smallest absolute Gasteiger partial charge is 0.272 e. The van der Waals surface area contributed by atoms with Crippen molar-refractivity contribution in [2.45, 2.75) is 19.6 Å². The highest BCUT2D eigenvalue weighted by Gasteiger charge is 2.32. The lowest BCUT2D eigenvalue weighted by atomic mass is 10.1. The van der Waals surface area contributed by atoms with E-state index in [0.717, 1.165) is 11.3 Å². The number of oxime groups is 1. The zero-order valence-electron chi connectivity index (χ0n) is 14.4. The van der Waals surface area contributed by atoms with Gasteiger partial charge in [0.05, 0.1) is 6.54 Å². The number of halogens is 1. The molecule has 0 aliphatic carbocycles. The zero-order chi connectivity index (χ0) is 18.0. The molecule has 0 spiro atoms. The van der Waals surface area contributed by atoms with Crippen LogP contribution in [0.4, 0.5) is 10.1 Å². The minimum absolute atomic E-state index is 0.105. The normalized spacial score (nSPS) is 17.1. The number of hydrogen-bond donors (Lipinski definition) is 0. The van der Waals surface area contributed by atoms with Gasteiger partial charge in [-0.25, -0.2) is 4.39 Å². The first kappa shape index (κ1) is 17.0. The summed E-state index contributed by atoms with van der Waals surface area (Å²) < 4.78 is 14.0. The second-order valence-electron chi connectivity index (χ2n) is 6.12. The molecule has 0 saturated carbocycles. The van der Waals surface area contributed by atoms with Crippen molar-refractivity contribution in [3.63, 3.8) is 0 Å². The summed E-state index contributed by atoms with van der Waals surface area (Å²) in [4.78, 5) is 21.3. The molecule has 5 nitrogen and oxygen atoms in total. The predicted molar refractivity (Wildman–Crippen MR) is 94.8 cm³/mol. The molecule has 1 heterocycles. The Morgan fingerprint density at radius 2 is 1.84 bits per heavy atom. The Bertz CT molecular complexity index is 803. The van der Waals surface area contributed by atoms with Gasteiger partial charge in [-0.1, -0.05) is 23.4 Å². The largest absolute Gasteiger partial charge is 0.381 e. The summed E-state index contributed by atoms with van der Waals surface area (Å²) >= 11 is 0. The van der Waals surface area contributed by atoms with Gasteiger partial charge >= 0.3 is 0 Å². The maximum Gasteiger partial charge on any atom is 0.272 e. The van der Waals surface area contributed by atoms with Crippen molar-refractivity contribution in [1.29, 1.82) is 0 Å². The van der Waals surface area contributed by atoms with Crippen molar-refractivity contribution in [2.75, 3.05) is 19.0 Å². The van der Waals surface area contributed by atoms with Gasteiger partial charge < -0.3 is 9.74 Å². The Morgan fingerprint density at radius 1 is 1.16 bits per heavy atom. The average Bonchev–Trinajstić information content (AvgIpc) is 2.61. The number of carbonyl (C=O) groups excluding carboxylic acids is 1. The lowest BCUT2D eigenvalue weighted by molar-refractivity contribution is -0.142. The monoisotopic (exact) mass is 341 g/mol. The Morgan fingerprint density at radius 3 is 2.48 bits per heavy atom. The molecule has 3 rings (SSSR count). The van der Waals surface area contributed by atoms with Crippen LogP contribution in [0.25, 0.3) is 0 Å². The number of amidine groups is 1. The van der Waals surface area contributed by atoms with E-state index < -0.39 is 6.10 Å². The van der Waals surface area contributed by atoms with Crippen LogP contribution in [0.3, 0.4) is 0 Å².